The summed E-state index contributed by atoms with van der Waals surface area (Å²) in [5.41, 5.74) is 0.506. The van der Waals surface area contributed by atoms with Gasteiger partial charge in [-0.05, 0) is 32.0 Å². The van der Waals surface area contributed by atoms with E-state index in [9.17, 15) is 8.42 Å². The molecule has 1 aromatic carbocycles. The summed E-state index contributed by atoms with van der Waals surface area (Å²) in [5.74, 6) is 0. The van der Waals surface area contributed by atoms with E-state index in [0.29, 0.717) is 5.69 Å². The lowest BCUT2D eigenvalue weighted by atomic mass is 10.3. The zero-order chi connectivity index (χ0) is 14.0. The van der Waals surface area contributed by atoms with Crippen molar-refractivity contribution >= 4 is 31.6 Å². The van der Waals surface area contributed by atoms with Crippen molar-refractivity contribution in [1.29, 1.82) is 0 Å². The van der Waals surface area contributed by atoms with Crippen molar-refractivity contribution in [2.45, 2.75) is 24.8 Å². The number of benzene rings is 1. The van der Waals surface area contributed by atoms with E-state index in [1.807, 2.05) is 19.9 Å². The maximum Gasteiger partial charge on any atom is 0.265 e. The van der Waals surface area contributed by atoms with Gasteiger partial charge in [0.15, 0.2) is 0 Å². The maximum absolute atomic E-state index is 12.2. The highest BCUT2D eigenvalue weighted by Crippen LogP contribution is 2.20. The highest BCUT2D eigenvalue weighted by molar-refractivity contribution is 9.10. The van der Waals surface area contributed by atoms with Crippen molar-refractivity contribution < 1.29 is 8.42 Å². The molecular formula is C12H14BrN3O2S. The van der Waals surface area contributed by atoms with Gasteiger partial charge in [0.25, 0.3) is 10.0 Å². The number of aromatic nitrogens is 2. The summed E-state index contributed by atoms with van der Waals surface area (Å²) in [7, 11) is -3.60. The molecule has 0 radical (unpaired) electrons. The lowest BCUT2D eigenvalue weighted by Crippen LogP contribution is -2.12. The molecule has 7 heteroatoms. The molecule has 0 aliphatic heterocycles. The predicted octanol–water partition coefficient (Wildman–Crippen LogP) is 3.03. The van der Waals surface area contributed by atoms with E-state index in [1.165, 1.54) is 12.4 Å². The number of hydrogen-bond acceptors (Lipinski definition) is 3. The first-order valence-electron chi connectivity index (χ1n) is 5.71. The highest BCUT2D eigenvalue weighted by atomic mass is 79.9. The van der Waals surface area contributed by atoms with Gasteiger partial charge < -0.3 is 0 Å². The van der Waals surface area contributed by atoms with Crippen molar-refractivity contribution in [1.82, 2.24) is 9.78 Å². The largest absolute Gasteiger partial charge is 0.279 e. The minimum Gasteiger partial charge on any atom is -0.279 e. The Morgan fingerprint density at radius 3 is 2.68 bits per heavy atom. The fourth-order valence-corrected chi connectivity index (χ4v) is 2.89. The summed E-state index contributed by atoms with van der Waals surface area (Å²) in [6, 6.07) is 7.10. The molecular weight excluding hydrogens is 330 g/mol. The zero-order valence-electron chi connectivity index (χ0n) is 10.5. The van der Waals surface area contributed by atoms with Crippen molar-refractivity contribution in [3.8, 4) is 0 Å². The van der Waals surface area contributed by atoms with Gasteiger partial charge in [0, 0.05) is 22.4 Å². The van der Waals surface area contributed by atoms with E-state index in [2.05, 4.69) is 25.8 Å². The molecule has 0 aliphatic carbocycles. The van der Waals surface area contributed by atoms with Crippen molar-refractivity contribution in [3.63, 3.8) is 0 Å². The summed E-state index contributed by atoms with van der Waals surface area (Å²) < 4.78 is 29.3. The third kappa shape index (κ3) is 3.36. The molecule has 0 bridgehead atoms. The summed E-state index contributed by atoms with van der Waals surface area (Å²) in [5, 5.41) is 4.03. The molecule has 0 saturated carbocycles. The lowest BCUT2D eigenvalue weighted by Gasteiger charge is -2.06. The second-order valence-corrected chi connectivity index (χ2v) is 6.96. The second kappa shape index (κ2) is 5.34. The summed E-state index contributed by atoms with van der Waals surface area (Å²) in [6.45, 7) is 3.87. The number of rotatable bonds is 4. The predicted molar refractivity (Wildman–Crippen MR) is 77.6 cm³/mol. The van der Waals surface area contributed by atoms with Crippen molar-refractivity contribution in [2.24, 2.45) is 0 Å². The van der Waals surface area contributed by atoms with Crippen LogP contribution in [0.5, 0.6) is 0 Å². The third-order valence-electron chi connectivity index (χ3n) is 2.49. The van der Waals surface area contributed by atoms with Gasteiger partial charge in [-0.15, -0.1) is 0 Å². The second-order valence-electron chi connectivity index (χ2n) is 4.37. The first kappa shape index (κ1) is 14.1. The van der Waals surface area contributed by atoms with Gasteiger partial charge in [-0.2, -0.15) is 5.10 Å². The van der Waals surface area contributed by atoms with Gasteiger partial charge in [-0.1, -0.05) is 22.0 Å². The Bertz CT molecular complexity index is 680. The first-order chi connectivity index (χ1) is 8.88. The Kier molecular flexibility index (Phi) is 3.96. The number of hydrogen-bond donors (Lipinski definition) is 1. The summed E-state index contributed by atoms with van der Waals surface area (Å²) in [4.78, 5) is 0.154. The number of sulfonamides is 1. The van der Waals surface area contributed by atoms with Gasteiger partial charge in [0.1, 0.15) is 4.90 Å². The molecule has 1 heterocycles. The quantitative estimate of drug-likeness (QED) is 0.927. The standard InChI is InChI=1S/C12H14BrN3O2S/c1-9(2)16-8-12(7-14-16)19(17,18)15-11-5-3-4-10(13)6-11/h3-9,15H,1-2H3. The molecule has 19 heavy (non-hydrogen) atoms. The van der Waals surface area contributed by atoms with Crippen LogP contribution in [0.15, 0.2) is 46.0 Å². The van der Waals surface area contributed by atoms with Gasteiger partial charge in [0.05, 0.1) is 6.20 Å². The topological polar surface area (TPSA) is 64.0 Å². The molecule has 1 N–H and O–H groups in total. The van der Waals surface area contributed by atoms with E-state index >= 15 is 0 Å². The smallest absolute Gasteiger partial charge is 0.265 e. The van der Waals surface area contributed by atoms with Gasteiger partial charge in [-0.3, -0.25) is 9.40 Å². The zero-order valence-corrected chi connectivity index (χ0v) is 12.9. The van der Waals surface area contributed by atoms with Gasteiger partial charge in [-0.25, -0.2) is 8.42 Å². The molecule has 102 valence electrons. The van der Waals surface area contributed by atoms with Gasteiger partial charge in [0.2, 0.25) is 0 Å². The Balaban J connectivity index is 2.27. The van der Waals surface area contributed by atoms with Crippen LogP contribution in [0.3, 0.4) is 0 Å². The monoisotopic (exact) mass is 343 g/mol. The van der Waals surface area contributed by atoms with Crippen LogP contribution < -0.4 is 4.72 Å². The van der Waals surface area contributed by atoms with Gasteiger partial charge >= 0.3 is 0 Å². The van der Waals surface area contributed by atoms with Crippen LogP contribution in [0.2, 0.25) is 0 Å². The van der Waals surface area contributed by atoms with Crippen LogP contribution in [0.4, 0.5) is 5.69 Å². The number of nitrogens with zero attached hydrogens (tertiary/aromatic N) is 2. The number of nitrogens with one attached hydrogen (secondary N) is 1. The summed E-state index contributed by atoms with van der Waals surface area (Å²) >= 11 is 3.30. The average Bonchev–Trinajstić information content (AvgIpc) is 2.78. The Labute approximate surface area is 120 Å². The Hall–Kier alpha value is -1.34. The number of halogens is 1. The molecule has 1 aromatic heterocycles. The summed E-state index contributed by atoms with van der Waals surface area (Å²) in [6.07, 6.45) is 2.87. The highest BCUT2D eigenvalue weighted by Gasteiger charge is 2.17. The van der Waals surface area contributed by atoms with E-state index in [4.69, 9.17) is 0 Å². The number of anilines is 1. The van der Waals surface area contributed by atoms with Crippen LogP contribution in [0.25, 0.3) is 0 Å². The molecule has 0 saturated heterocycles. The first-order valence-corrected chi connectivity index (χ1v) is 7.98. The fraction of sp³-hybridized carbons (Fsp3) is 0.250. The minimum absolute atomic E-state index is 0.120. The van der Waals surface area contributed by atoms with Crippen molar-refractivity contribution in [2.75, 3.05) is 4.72 Å². The van der Waals surface area contributed by atoms with E-state index in [-0.39, 0.29) is 10.9 Å². The average molecular weight is 344 g/mol. The third-order valence-corrected chi connectivity index (χ3v) is 4.32. The molecule has 0 spiro atoms. The molecule has 5 nitrogen and oxygen atoms in total. The molecule has 0 atom stereocenters. The van der Waals surface area contributed by atoms with E-state index in [1.54, 1.807) is 22.9 Å². The van der Waals surface area contributed by atoms with Crippen LogP contribution in [0, 0.1) is 0 Å². The van der Waals surface area contributed by atoms with Crippen LogP contribution in [0.1, 0.15) is 19.9 Å². The minimum atomic E-state index is -3.60. The Morgan fingerprint density at radius 2 is 2.11 bits per heavy atom. The molecule has 2 rings (SSSR count). The molecule has 2 aromatic rings. The fourth-order valence-electron chi connectivity index (χ4n) is 1.51. The van der Waals surface area contributed by atoms with Crippen LogP contribution in [-0.2, 0) is 10.0 Å². The normalized spacial score (nSPS) is 11.8. The molecule has 0 aliphatic rings. The van der Waals surface area contributed by atoms with Crippen LogP contribution >= 0.6 is 15.9 Å². The SMILES string of the molecule is CC(C)n1cc(S(=O)(=O)Nc2cccc(Br)c2)cn1. The maximum atomic E-state index is 12.2. The van der Waals surface area contributed by atoms with Crippen LogP contribution in [-0.4, -0.2) is 18.2 Å². The van der Waals surface area contributed by atoms with Crippen molar-refractivity contribution in [3.05, 3.63) is 41.1 Å². The Morgan fingerprint density at radius 1 is 1.37 bits per heavy atom. The van der Waals surface area contributed by atoms with E-state index in [0.717, 1.165) is 4.47 Å². The molecule has 0 amide bonds. The molecule has 0 fully saturated rings. The molecule has 0 unspecified atom stereocenters. The van der Waals surface area contributed by atoms with E-state index < -0.39 is 10.0 Å². The lowest BCUT2D eigenvalue weighted by molar-refractivity contribution is 0.531.